The van der Waals surface area contributed by atoms with Crippen molar-refractivity contribution >= 4 is 54.1 Å². The van der Waals surface area contributed by atoms with Crippen LogP contribution in [0.3, 0.4) is 0 Å². The second kappa shape index (κ2) is 14.3. The molecule has 0 aliphatic rings. The SMILES string of the molecule is [2H]c1c([2H])c([2H])c2c(-c3ccc4ccc5cccnc5c4n3)c([2H])c([2H])c(-c3ccc(-c4oc(-c5cc6ccccc6c6ccccc56)c(-c5ccccc5)c4-c4ccccc4)cc3)c2c1[2H]. The third kappa shape index (κ3) is 5.82. The van der Waals surface area contributed by atoms with Crippen molar-refractivity contribution in [2.45, 2.75) is 0 Å². The molecule has 0 saturated heterocycles. The molecule has 3 heterocycles. The van der Waals surface area contributed by atoms with Crippen LogP contribution < -0.4 is 0 Å². The average molecular weight is 783 g/mol. The van der Waals surface area contributed by atoms with E-state index >= 15 is 0 Å². The molecule has 12 rings (SSSR count). The maximum atomic E-state index is 9.60. The van der Waals surface area contributed by atoms with Crippen molar-refractivity contribution in [3.8, 4) is 67.3 Å². The molecule has 0 saturated carbocycles. The summed E-state index contributed by atoms with van der Waals surface area (Å²) in [6.07, 6.45) is 1.70. The predicted molar refractivity (Wildman–Crippen MR) is 254 cm³/mol. The highest BCUT2D eigenvalue weighted by atomic mass is 16.3. The Labute approximate surface area is 361 Å². The van der Waals surface area contributed by atoms with Gasteiger partial charge in [-0.05, 0) is 72.8 Å². The van der Waals surface area contributed by atoms with Crippen LogP contribution in [0, 0.1) is 0 Å². The van der Waals surface area contributed by atoms with Crippen LogP contribution in [0.4, 0.5) is 0 Å². The Balaban J connectivity index is 1.09. The Kier molecular flexibility index (Phi) is 6.83. The van der Waals surface area contributed by atoms with E-state index in [4.69, 9.17) is 12.1 Å². The molecular weight excluding hydrogens is 741 g/mol. The van der Waals surface area contributed by atoms with Crippen molar-refractivity contribution in [1.82, 2.24) is 9.97 Å². The third-order valence-electron chi connectivity index (χ3n) is 11.7. The fourth-order valence-corrected chi connectivity index (χ4v) is 8.82. The number of aromatic nitrogens is 2. The molecule has 0 atom stereocenters. The fraction of sp³-hybridized carbons (Fsp3) is 0. The topological polar surface area (TPSA) is 38.9 Å². The molecule has 0 bridgehead atoms. The summed E-state index contributed by atoms with van der Waals surface area (Å²) in [5.41, 5.74) is 8.03. The smallest absolute Gasteiger partial charge is 0.143 e. The lowest BCUT2D eigenvalue weighted by atomic mass is 9.89. The molecule has 61 heavy (non-hydrogen) atoms. The van der Waals surface area contributed by atoms with Crippen molar-refractivity contribution in [2.24, 2.45) is 0 Å². The summed E-state index contributed by atoms with van der Waals surface area (Å²) in [6.45, 7) is 0. The first-order chi connectivity index (χ1) is 32.8. The summed E-state index contributed by atoms with van der Waals surface area (Å²) >= 11 is 0. The maximum Gasteiger partial charge on any atom is 0.143 e. The molecule has 12 aromatic rings. The van der Waals surface area contributed by atoms with Crippen molar-refractivity contribution in [3.63, 3.8) is 0 Å². The van der Waals surface area contributed by atoms with Gasteiger partial charge in [0.05, 0.1) is 25.0 Å². The first-order valence-corrected chi connectivity index (χ1v) is 20.2. The molecule has 0 unspecified atom stereocenters. The average Bonchev–Trinajstić information content (AvgIpc) is 3.78. The minimum absolute atomic E-state index is 0.128. The lowest BCUT2D eigenvalue weighted by Crippen LogP contribution is -1.91. The van der Waals surface area contributed by atoms with Crippen LogP contribution in [0.25, 0.3) is 121 Å². The monoisotopic (exact) mass is 782 g/mol. The Hall–Kier alpha value is -8.14. The Morgan fingerprint density at radius 2 is 0.951 bits per heavy atom. The highest BCUT2D eigenvalue weighted by Crippen LogP contribution is 2.50. The molecule has 284 valence electrons. The number of nitrogens with zero attached hydrogens (tertiary/aromatic N) is 2. The number of hydrogen-bond acceptors (Lipinski definition) is 3. The summed E-state index contributed by atoms with van der Waals surface area (Å²) in [5, 5.41) is 6.42. The Bertz CT molecular complexity index is 3980. The van der Waals surface area contributed by atoms with E-state index in [1.54, 1.807) is 12.3 Å². The normalized spacial score (nSPS) is 13.0. The molecule has 0 spiro atoms. The van der Waals surface area contributed by atoms with Crippen molar-refractivity contribution in [3.05, 3.63) is 218 Å². The highest BCUT2D eigenvalue weighted by Gasteiger charge is 2.27. The van der Waals surface area contributed by atoms with Crippen LogP contribution in [0.2, 0.25) is 0 Å². The number of fused-ring (bicyclic) bond motifs is 7. The van der Waals surface area contributed by atoms with Crippen LogP contribution in [0.5, 0.6) is 0 Å². The Morgan fingerprint density at radius 3 is 1.70 bits per heavy atom. The summed E-state index contributed by atoms with van der Waals surface area (Å²) in [7, 11) is 0. The van der Waals surface area contributed by atoms with E-state index in [1.807, 2.05) is 91.0 Å². The lowest BCUT2D eigenvalue weighted by molar-refractivity contribution is 0.599. The second-order valence-corrected chi connectivity index (χ2v) is 15.2. The van der Waals surface area contributed by atoms with E-state index < -0.39 is 12.1 Å². The number of pyridine rings is 2. The maximum absolute atomic E-state index is 9.60. The first kappa shape index (κ1) is 29.1. The first-order valence-electron chi connectivity index (χ1n) is 23.2. The van der Waals surface area contributed by atoms with Gasteiger partial charge in [0.15, 0.2) is 0 Å². The minimum atomic E-state index is -0.430. The second-order valence-electron chi connectivity index (χ2n) is 15.2. The van der Waals surface area contributed by atoms with E-state index in [-0.39, 0.29) is 46.1 Å². The van der Waals surface area contributed by atoms with Gasteiger partial charge in [0.1, 0.15) is 11.5 Å². The van der Waals surface area contributed by atoms with Crippen molar-refractivity contribution in [2.75, 3.05) is 0 Å². The van der Waals surface area contributed by atoms with Gasteiger partial charge in [0.25, 0.3) is 0 Å². The van der Waals surface area contributed by atoms with Gasteiger partial charge in [-0.15, -0.1) is 0 Å². The van der Waals surface area contributed by atoms with Crippen molar-refractivity contribution < 1.29 is 12.6 Å². The van der Waals surface area contributed by atoms with Crippen molar-refractivity contribution in [1.29, 1.82) is 0 Å². The lowest BCUT2D eigenvalue weighted by Gasteiger charge is -2.13. The Morgan fingerprint density at radius 1 is 0.377 bits per heavy atom. The van der Waals surface area contributed by atoms with Crippen LogP contribution in [0.1, 0.15) is 8.22 Å². The molecule has 0 fully saturated rings. The molecule has 0 aliphatic heterocycles. The summed E-state index contributed by atoms with van der Waals surface area (Å²) < 4.78 is 62.5. The van der Waals surface area contributed by atoms with Crippen LogP contribution in [0.15, 0.2) is 223 Å². The molecule has 3 heteroatoms. The molecule has 9 aromatic carbocycles. The minimum Gasteiger partial charge on any atom is -0.455 e. The molecule has 3 nitrogen and oxygen atoms in total. The number of furan rings is 1. The van der Waals surface area contributed by atoms with E-state index in [0.717, 1.165) is 71.5 Å². The molecule has 0 aliphatic carbocycles. The summed E-state index contributed by atoms with van der Waals surface area (Å²) in [4.78, 5) is 9.58. The standard InChI is InChI=1S/C58H36N2O/c1-3-14-38(15-4-1)53-54(39-16-5-2-6-17-39)58(51-36-43-18-7-8-20-44(43)46-21-10-12-24-49(46)51)61-57(53)42-29-25-37(26-30-42)45-32-33-50(48-23-11-9-22-47(45)48)52-34-31-41-28-27-40-19-13-35-59-55(40)56(41)60-52/h1-36H/i9D,11D,22D,23D,32D,33D. The number of rotatable bonds is 6. The molecule has 3 aromatic heterocycles. The molecule has 0 N–H and O–H groups in total. The molecule has 0 radical (unpaired) electrons. The van der Waals surface area contributed by atoms with Gasteiger partial charge < -0.3 is 4.42 Å². The van der Waals surface area contributed by atoms with Gasteiger partial charge in [-0.2, -0.15) is 0 Å². The van der Waals surface area contributed by atoms with Crippen LogP contribution in [-0.4, -0.2) is 9.97 Å². The van der Waals surface area contributed by atoms with Gasteiger partial charge in [0.2, 0.25) is 0 Å². The fourth-order valence-electron chi connectivity index (χ4n) is 8.82. The summed E-state index contributed by atoms with van der Waals surface area (Å²) in [6, 6.07) is 56.6. The van der Waals surface area contributed by atoms with Gasteiger partial charge in [-0.3, -0.25) is 4.98 Å². The van der Waals surface area contributed by atoms with E-state index in [9.17, 15) is 5.48 Å². The quantitative estimate of drug-likeness (QED) is 0.158. The van der Waals surface area contributed by atoms with Gasteiger partial charge in [-0.25, -0.2) is 4.98 Å². The van der Waals surface area contributed by atoms with Crippen LogP contribution >= 0.6 is 0 Å². The molecular formula is C58H36N2O. The van der Waals surface area contributed by atoms with Gasteiger partial charge >= 0.3 is 0 Å². The zero-order valence-electron chi connectivity index (χ0n) is 38.6. The number of hydrogen-bond donors (Lipinski definition) is 0. The van der Waals surface area contributed by atoms with E-state index in [1.165, 1.54) is 0 Å². The van der Waals surface area contributed by atoms with Crippen LogP contribution in [-0.2, 0) is 0 Å². The summed E-state index contributed by atoms with van der Waals surface area (Å²) in [5.74, 6) is 1.37. The predicted octanol–water partition coefficient (Wildman–Crippen LogP) is 15.8. The third-order valence-corrected chi connectivity index (χ3v) is 11.7. The van der Waals surface area contributed by atoms with Gasteiger partial charge in [0, 0.05) is 44.8 Å². The number of benzene rings is 9. The van der Waals surface area contributed by atoms with E-state index in [2.05, 4.69) is 83.8 Å². The van der Waals surface area contributed by atoms with E-state index in [0.29, 0.717) is 28.1 Å². The zero-order valence-corrected chi connectivity index (χ0v) is 32.6. The van der Waals surface area contributed by atoms with Gasteiger partial charge in [-0.1, -0.05) is 194 Å². The largest absolute Gasteiger partial charge is 0.455 e. The zero-order chi connectivity index (χ0) is 45.5. The highest BCUT2D eigenvalue weighted by molar-refractivity contribution is 6.15. The molecule has 0 amide bonds.